The van der Waals surface area contributed by atoms with E-state index in [1.807, 2.05) is 13.8 Å². The van der Waals surface area contributed by atoms with Gasteiger partial charge in [0.15, 0.2) is 11.2 Å². The SMILES string of the molecule is Cc1c(Cl)nn([C@@H](CC(C)C)C(=O)O)c(=O)c1C1CC1. The zero-order valence-electron chi connectivity index (χ0n) is 11.9. The summed E-state index contributed by atoms with van der Waals surface area (Å²) in [7, 11) is 0. The zero-order chi connectivity index (χ0) is 15.0. The fraction of sp³-hybridized carbons (Fsp3) is 0.643. The fourth-order valence-corrected chi connectivity index (χ4v) is 2.61. The highest BCUT2D eigenvalue weighted by Gasteiger charge is 2.33. The lowest BCUT2D eigenvalue weighted by Crippen LogP contribution is -2.35. The molecule has 6 heteroatoms. The van der Waals surface area contributed by atoms with Crippen LogP contribution in [0.25, 0.3) is 0 Å². The van der Waals surface area contributed by atoms with Crippen molar-refractivity contribution in [2.24, 2.45) is 5.92 Å². The van der Waals surface area contributed by atoms with E-state index in [2.05, 4.69) is 5.10 Å². The van der Waals surface area contributed by atoms with Gasteiger partial charge in [-0.15, -0.1) is 0 Å². The second kappa shape index (κ2) is 5.56. The number of rotatable bonds is 5. The lowest BCUT2D eigenvalue weighted by Gasteiger charge is -2.18. The Morgan fingerprint density at radius 3 is 2.55 bits per heavy atom. The predicted molar refractivity (Wildman–Crippen MR) is 76.3 cm³/mol. The molecule has 5 nitrogen and oxygen atoms in total. The molecule has 0 saturated heterocycles. The van der Waals surface area contributed by atoms with E-state index in [0.717, 1.165) is 17.5 Å². The molecule has 1 heterocycles. The smallest absolute Gasteiger partial charge is 0.328 e. The molecule has 110 valence electrons. The minimum absolute atomic E-state index is 0.147. The molecular weight excluding hydrogens is 280 g/mol. The standard InChI is InChI=1S/C14H19ClN2O3/c1-7(2)6-10(14(19)20)17-13(18)11(9-4-5-9)8(3)12(15)16-17/h7,9-10H,4-6H2,1-3H3,(H,19,20)/t10-/m0/s1. The van der Waals surface area contributed by atoms with E-state index in [1.54, 1.807) is 6.92 Å². The van der Waals surface area contributed by atoms with Crippen LogP contribution in [0.5, 0.6) is 0 Å². The minimum Gasteiger partial charge on any atom is -0.480 e. The van der Waals surface area contributed by atoms with Crippen LogP contribution in [0.1, 0.15) is 56.2 Å². The topological polar surface area (TPSA) is 72.2 Å². The van der Waals surface area contributed by atoms with Gasteiger partial charge in [-0.05, 0) is 43.6 Å². The Bertz CT molecular complexity index is 591. The van der Waals surface area contributed by atoms with Gasteiger partial charge in [-0.1, -0.05) is 25.4 Å². The molecule has 0 aliphatic heterocycles. The highest BCUT2D eigenvalue weighted by molar-refractivity contribution is 6.30. The number of carboxylic acid groups (broad SMARTS) is 1. The lowest BCUT2D eigenvalue weighted by molar-refractivity contribution is -0.141. The van der Waals surface area contributed by atoms with E-state index < -0.39 is 12.0 Å². The number of hydrogen-bond donors (Lipinski definition) is 1. The minimum atomic E-state index is -1.05. The number of aromatic nitrogens is 2. The summed E-state index contributed by atoms with van der Waals surface area (Å²) in [5, 5.41) is 13.6. The number of carboxylic acids is 1. The quantitative estimate of drug-likeness (QED) is 0.907. The van der Waals surface area contributed by atoms with Crippen LogP contribution in [0.15, 0.2) is 4.79 Å². The zero-order valence-corrected chi connectivity index (χ0v) is 12.6. The number of aliphatic carboxylic acids is 1. The second-order valence-electron chi connectivity index (χ2n) is 5.84. The Kier molecular flexibility index (Phi) is 4.18. The van der Waals surface area contributed by atoms with Gasteiger partial charge in [-0.25, -0.2) is 9.48 Å². The van der Waals surface area contributed by atoms with E-state index in [-0.39, 0.29) is 22.5 Å². The third kappa shape index (κ3) is 2.87. The predicted octanol–water partition coefficient (Wildman–Crippen LogP) is 2.75. The molecule has 0 radical (unpaired) electrons. The first-order valence-corrected chi connectivity index (χ1v) is 7.22. The summed E-state index contributed by atoms with van der Waals surface area (Å²) in [5.74, 6) is -0.688. The molecule has 0 spiro atoms. The first-order valence-electron chi connectivity index (χ1n) is 6.84. The Morgan fingerprint density at radius 2 is 2.10 bits per heavy atom. The normalized spacial score (nSPS) is 16.4. The maximum absolute atomic E-state index is 12.5. The van der Waals surface area contributed by atoms with Crippen molar-refractivity contribution in [1.82, 2.24) is 9.78 Å². The highest BCUT2D eigenvalue weighted by Crippen LogP contribution is 2.40. The average Bonchev–Trinajstić information content (AvgIpc) is 3.15. The average molecular weight is 299 g/mol. The van der Waals surface area contributed by atoms with E-state index >= 15 is 0 Å². The molecule has 0 unspecified atom stereocenters. The van der Waals surface area contributed by atoms with Crippen LogP contribution in [-0.2, 0) is 4.79 Å². The third-order valence-corrected chi connectivity index (χ3v) is 3.97. The summed E-state index contributed by atoms with van der Waals surface area (Å²) in [6.07, 6.45) is 2.27. The molecule has 1 fully saturated rings. The number of carbonyl (C=O) groups is 1. The molecule has 1 aromatic rings. The summed E-state index contributed by atoms with van der Waals surface area (Å²) in [6.45, 7) is 5.60. The van der Waals surface area contributed by atoms with Gasteiger partial charge >= 0.3 is 5.97 Å². The molecule has 1 atom stereocenters. The van der Waals surface area contributed by atoms with Gasteiger partial charge in [0.05, 0.1) is 0 Å². The van der Waals surface area contributed by atoms with Gasteiger partial charge in [0.2, 0.25) is 0 Å². The molecule has 1 aromatic heterocycles. The molecule has 1 aliphatic rings. The Labute approximate surface area is 122 Å². The largest absolute Gasteiger partial charge is 0.480 e. The number of halogens is 1. The van der Waals surface area contributed by atoms with E-state index in [1.165, 1.54) is 0 Å². The van der Waals surface area contributed by atoms with Gasteiger partial charge in [-0.2, -0.15) is 5.10 Å². The highest BCUT2D eigenvalue weighted by atomic mass is 35.5. The molecule has 2 rings (SSSR count). The summed E-state index contributed by atoms with van der Waals surface area (Å²) < 4.78 is 1.06. The Morgan fingerprint density at radius 1 is 1.50 bits per heavy atom. The van der Waals surface area contributed by atoms with Crippen molar-refractivity contribution in [2.75, 3.05) is 0 Å². The molecule has 0 bridgehead atoms. The van der Waals surface area contributed by atoms with Gasteiger partial charge in [0.1, 0.15) is 0 Å². The lowest BCUT2D eigenvalue weighted by atomic mass is 10.0. The Balaban J connectivity index is 2.55. The molecule has 1 aliphatic carbocycles. The van der Waals surface area contributed by atoms with Crippen LogP contribution in [-0.4, -0.2) is 20.9 Å². The van der Waals surface area contributed by atoms with Crippen molar-refractivity contribution in [3.8, 4) is 0 Å². The maximum Gasteiger partial charge on any atom is 0.328 e. The first kappa shape index (κ1) is 15.0. The molecule has 0 aromatic carbocycles. The van der Waals surface area contributed by atoms with Crippen molar-refractivity contribution < 1.29 is 9.90 Å². The fourth-order valence-electron chi connectivity index (χ4n) is 2.43. The Hall–Kier alpha value is -1.36. The van der Waals surface area contributed by atoms with Crippen molar-refractivity contribution in [3.05, 3.63) is 26.6 Å². The van der Waals surface area contributed by atoms with E-state index in [9.17, 15) is 14.7 Å². The first-order chi connectivity index (χ1) is 9.32. The molecule has 20 heavy (non-hydrogen) atoms. The van der Waals surface area contributed by atoms with Gasteiger partial charge < -0.3 is 5.11 Å². The second-order valence-corrected chi connectivity index (χ2v) is 6.20. The van der Waals surface area contributed by atoms with Crippen LogP contribution in [0.2, 0.25) is 5.15 Å². The van der Waals surface area contributed by atoms with Gasteiger partial charge in [0, 0.05) is 5.56 Å². The summed E-state index contributed by atoms with van der Waals surface area (Å²) >= 11 is 6.08. The summed E-state index contributed by atoms with van der Waals surface area (Å²) in [6, 6.07) is -0.960. The van der Waals surface area contributed by atoms with Gasteiger partial charge in [0.25, 0.3) is 5.56 Å². The molecule has 1 N–H and O–H groups in total. The molecule has 0 amide bonds. The van der Waals surface area contributed by atoms with Gasteiger partial charge in [-0.3, -0.25) is 4.79 Å². The van der Waals surface area contributed by atoms with Crippen molar-refractivity contribution in [1.29, 1.82) is 0 Å². The van der Waals surface area contributed by atoms with Crippen molar-refractivity contribution >= 4 is 17.6 Å². The van der Waals surface area contributed by atoms with Crippen LogP contribution in [0.3, 0.4) is 0 Å². The monoisotopic (exact) mass is 298 g/mol. The van der Waals surface area contributed by atoms with Crippen molar-refractivity contribution in [2.45, 2.75) is 52.0 Å². The summed E-state index contributed by atoms with van der Waals surface area (Å²) in [4.78, 5) is 24.0. The van der Waals surface area contributed by atoms with E-state index in [0.29, 0.717) is 17.5 Å². The molecular formula is C14H19ClN2O3. The number of nitrogens with zero attached hydrogens (tertiary/aromatic N) is 2. The summed E-state index contributed by atoms with van der Waals surface area (Å²) in [5.41, 5.74) is 1.02. The van der Waals surface area contributed by atoms with Crippen molar-refractivity contribution in [3.63, 3.8) is 0 Å². The van der Waals surface area contributed by atoms with Crippen LogP contribution in [0.4, 0.5) is 0 Å². The van der Waals surface area contributed by atoms with Crippen LogP contribution >= 0.6 is 11.6 Å². The maximum atomic E-state index is 12.5. The molecule has 1 saturated carbocycles. The van der Waals surface area contributed by atoms with Crippen LogP contribution < -0.4 is 5.56 Å². The number of hydrogen-bond acceptors (Lipinski definition) is 3. The van der Waals surface area contributed by atoms with Crippen LogP contribution in [0, 0.1) is 12.8 Å². The third-order valence-electron chi connectivity index (χ3n) is 3.61. The van der Waals surface area contributed by atoms with E-state index in [4.69, 9.17) is 11.6 Å².